The van der Waals surface area contributed by atoms with Crippen molar-refractivity contribution in [3.63, 3.8) is 0 Å². The summed E-state index contributed by atoms with van der Waals surface area (Å²) in [7, 11) is 3.59. The maximum atomic E-state index is 14.1. The highest BCUT2D eigenvalue weighted by molar-refractivity contribution is 7.16. The van der Waals surface area contributed by atoms with E-state index in [4.69, 9.17) is 9.47 Å². The molecule has 1 N–H and O–H groups in total. The van der Waals surface area contributed by atoms with Crippen LogP contribution in [0, 0.1) is 11.8 Å². The van der Waals surface area contributed by atoms with Crippen LogP contribution in [0.3, 0.4) is 0 Å². The summed E-state index contributed by atoms with van der Waals surface area (Å²) >= 11 is 0.912. The maximum absolute atomic E-state index is 14.1. The number of rotatable bonds is 14. The predicted octanol–water partition coefficient (Wildman–Crippen LogP) is 3.47. The number of nitrogens with one attached hydrogen (secondary N) is 1. The molecule has 13 nitrogen and oxygen atoms in total. The van der Waals surface area contributed by atoms with Gasteiger partial charge in [0.15, 0.2) is 11.8 Å². The van der Waals surface area contributed by atoms with Gasteiger partial charge in [-0.2, -0.15) is 0 Å². The molecule has 0 bridgehead atoms. The zero-order valence-electron chi connectivity index (χ0n) is 28.3. The summed E-state index contributed by atoms with van der Waals surface area (Å²) in [5, 5.41) is 3.26. The van der Waals surface area contributed by atoms with Gasteiger partial charge in [0.2, 0.25) is 23.6 Å². The van der Waals surface area contributed by atoms with Gasteiger partial charge in [-0.25, -0.2) is 14.7 Å². The Labute approximate surface area is 275 Å². The molecule has 2 aliphatic heterocycles. The number of amides is 4. The van der Waals surface area contributed by atoms with Crippen LogP contribution >= 0.6 is 11.3 Å². The molecule has 1 aromatic heterocycles. The van der Waals surface area contributed by atoms with Gasteiger partial charge in [0.25, 0.3) is 0 Å². The fourth-order valence-electron chi connectivity index (χ4n) is 5.97. The number of hydrogen-bond donors (Lipinski definition) is 1. The molecule has 46 heavy (non-hydrogen) atoms. The Morgan fingerprint density at radius 3 is 2.28 bits per heavy atom. The summed E-state index contributed by atoms with van der Waals surface area (Å²) < 4.78 is 10.9. The van der Waals surface area contributed by atoms with E-state index < -0.39 is 41.9 Å². The van der Waals surface area contributed by atoms with Gasteiger partial charge in [-0.1, -0.05) is 51.9 Å². The van der Waals surface area contributed by atoms with E-state index in [0.29, 0.717) is 6.42 Å². The first-order valence-electron chi connectivity index (χ1n) is 16.2. The molecular weight excluding hydrogens is 614 g/mol. The first-order valence-corrected chi connectivity index (χ1v) is 17.0. The Hall–Kier alpha value is -3.39. The Morgan fingerprint density at radius 2 is 1.74 bits per heavy atom. The van der Waals surface area contributed by atoms with Gasteiger partial charge < -0.3 is 19.7 Å². The molecular formula is C32H49N5O8S. The summed E-state index contributed by atoms with van der Waals surface area (Å²) in [4.78, 5) is 86.9. The fourth-order valence-corrected chi connectivity index (χ4v) is 7.10. The van der Waals surface area contributed by atoms with Crippen LogP contribution in [-0.2, 0) is 33.4 Å². The third-order valence-electron chi connectivity index (χ3n) is 8.85. The van der Waals surface area contributed by atoms with Gasteiger partial charge in [0, 0.05) is 39.3 Å². The van der Waals surface area contributed by atoms with Crippen molar-refractivity contribution in [1.29, 1.82) is 0 Å². The standard InChI is InChI=1S/C32H49N5O8S/c1-9-19(5)26(33-28(41)21-13-11-12-16-35(21)7)30(42)36(8)22(18(3)4)17-23(45-20(6)38)29-34-27(32(43)44-10-2)31(46-29)37-24(39)14-15-25(37)40/h18-19,21-23,26H,9-17H2,1-8H3,(H,33,41)/t19-,21+,22+,23+,26-/m0/s1. The number of likely N-dealkylation sites (N-methyl/N-ethyl adjacent to an activating group) is 2. The Kier molecular flexibility index (Phi) is 13.2. The molecule has 1 aromatic rings. The van der Waals surface area contributed by atoms with E-state index in [0.717, 1.165) is 42.0 Å². The number of piperidine rings is 1. The van der Waals surface area contributed by atoms with Gasteiger partial charge in [-0.05, 0) is 45.2 Å². The summed E-state index contributed by atoms with van der Waals surface area (Å²) in [6, 6.07) is -1.54. The van der Waals surface area contributed by atoms with Crippen LogP contribution in [0.1, 0.15) is 108 Å². The van der Waals surface area contributed by atoms with E-state index in [2.05, 4.69) is 10.3 Å². The van der Waals surface area contributed by atoms with Crippen molar-refractivity contribution in [3.05, 3.63) is 10.7 Å². The second-order valence-corrected chi connectivity index (χ2v) is 13.5. The molecule has 0 unspecified atom stereocenters. The average Bonchev–Trinajstić information content (AvgIpc) is 3.58. The summed E-state index contributed by atoms with van der Waals surface area (Å²) in [6.45, 7) is 11.5. The monoisotopic (exact) mass is 663 g/mol. The van der Waals surface area contributed by atoms with Gasteiger partial charge >= 0.3 is 11.9 Å². The van der Waals surface area contributed by atoms with Crippen LogP contribution in [0.5, 0.6) is 0 Å². The zero-order chi connectivity index (χ0) is 34.3. The van der Waals surface area contributed by atoms with Crippen molar-refractivity contribution in [2.45, 2.75) is 111 Å². The van der Waals surface area contributed by atoms with E-state index in [1.807, 2.05) is 39.6 Å². The van der Waals surface area contributed by atoms with Crippen LogP contribution in [0.15, 0.2) is 0 Å². The van der Waals surface area contributed by atoms with E-state index in [-0.39, 0.29) is 71.3 Å². The molecule has 2 aliphatic rings. The van der Waals surface area contributed by atoms with Crippen LogP contribution < -0.4 is 10.2 Å². The number of likely N-dealkylation sites (tertiary alicyclic amines) is 1. The van der Waals surface area contributed by atoms with Crippen molar-refractivity contribution in [2.24, 2.45) is 11.8 Å². The maximum Gasteiger partial charge on any atom is 0.360 e. The lowest BCUT2D eigenvalue weighted by atomic mass is 9.92. The van der Waals surface area contributed by atoms with Gasteiger partial charge in [-0.15, -0.1) is 0 Å². The van der Waals surface area contributed by atoms with Crippen molar-refractivity contribution >= 4 is 51.9 Å². The van der Waals surface area contributed by atoms with Crippen LogP contribution in [0.2, 0.25) is 0 Å². The summed E-state index contributed by atoms with van der Waals surface area (Å²) in [5.74, 6) is -3.02. The van der Waals surface area contributed by atoms with E-state index in [1.165, 1.54) is 6.92 Å². The van der Waals surface area contributed by atoms with Gasteiger partial charge in [0.1, 0.15) is 16.1 Å². The van der Waals surface area contributed by atoms with Crippen LogP contribution in [0.25, 0.3) is 0 Å². The molecule has 2 fully saturated rings. The number of carbonyl (C=O) groups excluding carboxylic acids is 6. The molecule has 3 heterocycles. The third kappa shape index (κ3) is 8.69. The highest BCUT2D eigenvalue weighted by atomic mass is 32.1. The van der Waals surface area contributed by atoms with Crippen LogP contribution in [0.4, 0.5) is 5.00 Å². The number of anilines is 1. The van der Waals surface area contributed by atoms with E-state index >= 15 is 0 Å². The van der Waals surface area contributed by atoms with Crippen molar-refractivity contribution in [2.75, 3.05) is 32.1 Å². The quantitative estimate of drug-likeness (QED) is 0.231. The highest BCUT2D eigenvalue weighted by Crippen LogP contribution is 2.39. The Balaban J connectivity index is 1.95. The normalized spacial score (nSPS) is 19.8. The minimum atomic E-state index is -1.01. The number of aromatic nitrogens is 1. The minimum absolute atomic E-state index is 0.00889. The molecule has 0 spiro atoms. The van der Waals surface area contributed by atoms with Gasteiger partial charge in [0.05, 0.1) is 12.6 Å². The average molecular weight is 664 g/mol. The first kappa shape index (κ1) is 37.1. The number of esters is 2. The minimum Gasteiger partial charge on any atom is -0.461 e. The van der Waals surface area contributed by atoms with Crippen molar-refractivity contribution in [1.82, 2.24) is 20.1 Å². The number of hydrogen-bond acceptors (Lipinski definition) is 11. The number of imide groups is 1. The molecule has 5 atom stereocenters. The lowest BCUT2D eigenvalue weighted by Gasteiger charge is -2.38. The first-order chi connectivity index (χ1) is 21.7. The number of ether oxygens (including phenoxy) is 2. The third-order valence-corrected chi connectivity index (χ3v) is 9.99. The van der Waals surface area contributed by atoms with Crippen LogP contribution in [-0.4, -0.2) is 95.7 Å². The lowest BCUT2D eigenvalue weighted by molar-refractivity contribution is -0.149. The molecule has 2 saturated heterocycles. The topological polar surface area (TPSA) is 156 Å². The van der Waals surface area contributed by atoms with E-state index in [9.17, 15) is 28.8 Å². The molecule has 3 rings (SSSR count). The largest absolute Gasteiger partial charge is 0.461 e. The van der Waals surface area contributed by atoms with Crippen molar-refractivity contribution in [3.8, 4) is 0 Å². The van der Waals surface area contributed by atoms with Gasteiger partial charge in [-0.3, -0.25) is 28.9 Å². The number of carbonyl (C=O) groups is 6. The second-order valence-electron chi connectivity index (χ2n) is 12.5. The number of thiazole rings is 1. The summed E-state index contributed by atoms with van der Waals surface area (Å²) in [5.41, 5.74) is -0.208. The zero-order valence-corrected chi connectivity index (χ0v) is 29.1. The SMILES string of the molecule is CCOC(=O)c1nc([C@@H](C[C@H](C(C)C)N(C)C(=O)[C@@H](NC(=O)[C@H]2CCCCN2C)[C@@H](C)CC)OC(C)=O)sc1N1C(=O)CCC1=O. The molecule has 0 aliphatic carbocycles. The molecule has 0 radical (unpaired) electrons. The number of nitrogens with zero attached hydrogens (tertiary/aromatic N) is 4. The van der Waals surface area contributed by atoms with E-state index in [1.54, 1.807) is 18.9 Å². The fraction of sp³-hybridized carbons (Fsp3) is 0.719. The Morgan fingerprint density at radius 1 is 1.09 bits per heavy atom. The molecule has 0 aromatic carbocycles. The lowest BCUT2D eigenvalue weighted by Crippen LogP contribution is -2.58. The van der Waals surface area contributed by atoms with Crippen molar-refractivity contribution < 1.29 is 38.2 Å². The highest BCUT2D eigenvalue weighted by Gasteiger charge is 2.40. The Bertz CT molecular complexity index is 1280. The molecule has 4 amide bonds. The molecule has 0 saturated carbocycles. The predicted molar refractivity (Wildman–Crippen MR) is 172 cm³/mol. The smallest absolute Gasteiger partial charge is 0.360 e. The molecule has 14 heteroatoms. The summed E-state index contributed by atoms with van der Waals surface area (Å²) in [6.07, 6.45) is 2.51. The molecule has 256 valence electrons. The second kappa shape index (κ2) is 16.4.